The van der Waals surface area contributed by atoms with E-state index in [4.69, 9.17) is 27.9 Å². The number of benzene rings is 2. The molecular weight excluding hydrogens is 399 g/mol. The standard InChI is InChI=1S/C17H18Cl2N2O4S/c1-3-21(26(23,24)13-9-7-12(25-2)8-10-13)11-16(22)20-15-6-4-5-14(18)17(15)19/h4-10H,3,11H2,1-2H3,(H,20,22). The number of hydrogen-bond acceptors (Lipinski definition) is 4. The summed E-state index contributed by atoms with van der Waals surface area (Å²) in [5.74, 6) is 0.0217. The Morgan fingerprint density at radius 3 is 2.38 bits per heavy atom. The summed E-state index contributed by atoms with van der Waals surface area (Å²) < 4.78 is 31.6. The van der Waals surface area contributed by atoms with Gasteiger partial charge in [-0.3, -0.25) is 4.79 Å². The molecule has 140 valence electrons. The van der Waals surface area contributed by atoms with E-state index in [1.807, 2.05) is 0 Å². The van der Waals surface area contributed by atoms with Crippen LogP contribution in [0, 0.1) is 0 Å². The van der Waals surface area contributed by atoms with Gasteiger partial charge in [0, 0.05) is 6.54 Å². The van der Waals surface area contributed by atoms with Crippen LogP contribution in [-0.2, 0) is 14.8 Å². The van der Waals surface area contributed by atoms with Gasteiger partial charge in [0.2, 0.25) is 15.9 Å². The SMILES string of the molecule is CCN(CC(=O)Nc1cccc(Cl)c1Cl)S(=O)(=O)c1ccc(OC)cc1. The van der Waals surface area contributed by atoms with Gasteiger partial charge in [0.05, 0.1) is 34.3 Å². The molecule has 2 aromatic carbocycles. The van der Waals surface area contributed by atoms with Crippen molar-refractivity contribution in [3.8, 4) is 5.75 Å². The van der Waals surface area contributed by atoms with Crippen molar-refractivity contribution < 1.29 is 17.9 Å². The van der Waals surface area contributed by atoms with E-state index in [0.29, 0.717) is 16.5 Å². The van der Waals surface area contributed by atoms with Crippen LogP contribution in [0.3, 0.4) is 0 Å². The maximum Gasteiger partial charge on any atom is 0.243 e. The number of hydrogen-bond donors (Lipinski definition) is 1. The van der Waals surface area contributed by atoms with Crippen LogP contribution in [0.25, 0.3) is 0 Å². The number of nitrogens with zero attached hydrogens (tertiary/aromatic N) is 1. The van der Waals surface area contributed by atoms with Crippen LogP contribution in [-0.4, -0.2) is 38.8 Å². The van der Waals surface area contributed by atoms with Crippen LogP contribution in [0.2, 0.25) is 10.0 Å². The Balaban J connectivity index is 2.16. The van der Waals surface area contributed by atoms with Crippen LogP contribution in [0.15, 0.2) is 47.4 Å². The Morgan fingerprint density at radius 1 is 1.15 bits per heavy atom. The van der Waals surface area contributed by atoms with Crippen LogP contribution in [0.4, 0.5) is 5.69 Å². The highest BCUT2D eigenvalue weighted by Gasteiger charge is 2.25. The summed E-state index contributed by atoms with van der Waals surface area (Å²) in [7, 11) is -2.33. The van der Waals surface area contributed by atoms with Gasteiger partial charge < -0.3 is 10.1 Å². The van der Waals surface area contributed by atoms with E-state index in [1.54, 1.807) is 37.3 Å². The number of carbonyl (C=O) groups excluding carboxylic acids is 1. The van der Waals surface area contributed by atoms with Gasteiger partial charge in [0.1, 0.15) is 5.75 Å². The number of sulfonamides is 1. The molecule has 0 radical (unpaired) electrons. The van der Waals surface area contributed by atoms with E-state index in [2.05, 4.69) is 5.32 Å². The summed E-state index contributed by atoms with van der Waals surface area (Å²) >= 11 is 11.9. The Kier molecular flexibility index (Phi) is 6.88. The molecule has 0 aromatic heterocycles. The average Bonchev–Trinajstić information content (AvgIpc) is 2.63. The predicted octanol–water partition coefficient (Wildman–Crippen LogP) is 3.65. The summed E-state index contributed by atoms with van der Waals surface area (Å²) in [6.45, 7) is 1.43. The van der Waals surface area contributed by atoms with E-state index in [1.165, 1.54) is 19.2 Å². The smallest absolute Gasteiger partial charge is 0.243 e. The highest BCUT2D eigenvalue weighted by atomic mass is 35.5. The van der Waals surface area contributed by atoms with Crippen LogP contribution in [0.1, 0.15) is 6.92 Å². The molecule has 0 saturated heterocycles. The summed E-state index contributed by atoms with van der Waals surface area (Å²) in [6.07, 6.45) is 0. The van der Waals surface area contributed by atoms with Crippen LogP contribution < -0.4 is 10.1 Å². The summed E-state index contributed by atoms with van der Waals surface area (Å²) in [5, 5.41) is 3.07. The van der Waals surface area contributed by atoms with Crippen molar-refractivity contribution in [3.05, 3.63) is 52.5 Å². The lowest BCUT2D eigenvalue weighted by Crippen LogP contribution is -2.37. The third-order valence-electron chi connectivity index (χ3n) is 3.60. The maximum absolute atomic E-state index is 12.7. The number of methoxy groups -OCH3 is 1. The summed E-state index contributed by atoms with van der Waals surface area (Å²) in [4.78, 5) is 12.4. The first-order valence-electron chi connectivity index (χ1n) is 7.67. The molecule has 0 atom stereocenters. The highest BCUT2D eigenvalue weighted by molar-refractivity contribution is 7.89. The molecule has 6 nitrogen and oxygen atoms in total. The van der Waals surface area contributed by atoms with Crippen LogP contribution >= 0.6 is 23.2 Å². The number of rotatable bonds is 7. The molecule has 0 fully saturated rings. The number of nitrogens with one attached hydrogen (secondary N) is 1. The molecule has 0 spiro atoms. The number of anilines is 1. The van der Waals surface area contributed by atoms with E-state index in [0.717, 1.165) is 4.31 Å². The molecule has 0 aliphatic carbocycles. The number of amides is 1. The third-order valence-corrected chi connectivity index (χ3v) is 6.35. The van der Waals surface area contributed by atoms with Crippen molar-refractivity contribution in [2.24, 2.45) is 0 Å². The molecule has 0 aliphatic heterocycles. The molecular formula is C17H18Cl2N2O4S. The van der Waals surface area contributed by atoms with Gasteiger partial charge in [0.15, 0.2) is 0 Å². The first-order valence-corrected chi connectivity index (χ1v) is 9.87. The maximum atomic E-state index is 12.7. The quantitative estimate of drug-likeness (QED) is 0.746. The summed E-state index contributed by atoms with van der Waals surface area (Å²) in [5.41, 5.74) is 0.321. The van der Waals surface area contributed by atoms with Gasteiger partial charge in [-0.1, -0.05) is 36.2 Å². The minimum absolute atomic E-state index is 0.0775. The zero-order valence-corrected chi connectivity index (χ0v) is 16.5. The first kappa shape index (κ1) is 20.5. The van der Waals surface area contributed by atoms with Crippen molar-refractivity contribution >= 4 is 44.8 Å². The molecule has 0 aliphatic rings. The molecule has 2 aromatic rings. The average molecular weight is 417 g/mol. The lowest BCUT2D eigenvalue weighted by molar-refractivity contribution is -0.116. The molecule has 1 amide bonds. The largest absolute Gasteiger partial charge is 0.497 e. The fourth-order valence-electron chi connectivity index (χ4n) is 2.21. The minimum Gasteiger partial charge on any atom is -0.497 e. The lowest BCUT2D eigenvalue weighted by atomic mass is 10.3. The van der Waals surface area contributed by atoms with Gasteiger partial charge in [-0.05, 0) is 36.4 Å². The second kappa shape index (κ2) is 8.73. The van der Waals surface area contributed by atoms with Crippen molar-refractivity contribution in [3.63, 3.8) is 0 Å². The zero-order valence-electron chi connectivity index (χ0n) is 14.2. The van der Waals surface area contributed by atoms with Crippen molar-refractivity contribution in [2.75, 3.05) is 25.5 Å². The molecule has 1 N–H and O–H groups in total. The van der Waals surface area contributed by atoms with Gasteiger partial charge in [-0.25, -0.2) is 8.42 Å². The number of ether oxygens (including phenoxy) is 1. The molecule has 9 heteroatoms. The van der Waals surface area contributed by atoms with Gasteiger partial charge in [-0.2, -0.15) is 4.31 Å². The van der Waals surface area contributed by atoms with Gasteiger partial charge in [-0.15, -0.1) is 0 Å². The fraction of sp³-hybridized carbons (Fsp3) is 0.235. The monoisotopic (exact) mass is 416 g/mol. The van der Waals surface area contributed by atoms with Crippen molar-refractivity contribution in [2.45, 2.75) is 11.8 Å². The van der Waals surface area contributed by atoms with Gasteiger partial charge >= 0.3 is 0 Å². The lowest BCUT2D eigenvalue weighted by Gasteiger charge is -2.20. The molecule has 0 bridgehead atoms. The van der Waals surface area contributed by atoms with Crippen molar-refractivity contribution in [1.82, 2.24) is 4.31 Å². The normalized spacial score (nSPS) is 11.4. The second-order valence-corrected chi connectivity index (χ2v) is 7.98. The fourth-order valence-corrected chi connectivity index (χ4v) is 3.97. The molecule has 0 heterocycles. The second-order valence-electron chi connectivity index (χ2n) is 5.26. The highest BCUT2D eigenvalue weighted by Crippen LogP contribution is 2.29. The Bertz CT molecular complexity index is 886. The van der Waals surface area contributed by atoms with Crippen molar-refractivity contribution in [1.29, 1.82) is 0 Å². The Labute approximate surface area is 162 Å². The molecule has 0 saturated carbocycles. The first-order chi connectivity index (χ1) is 12.3. The van der Waals surface area contributed by atoms with E-state index in [9.17, 15) is 13.2 Å². The van der Waals surface area contributed by atoms with E-state index >= 15 is 0 Å². The topological polar surface area (TPSA) is 75.7 Å². The van der Waals surface area contributed by atoms with Crippen LogP contribution in [0.5, 0.6) is 5.75 Å². The number of halogens is 2. The predicted molar refractivity (Wildman–Crippen MR) is 103 cm³/mol. The van der Waals surface area contributed by atoms with E-state index < -0.39 is 15.9 Å². The third kappa shape index (κ3) is 4.67. The number of carbonyl (C=O) groups is 1. The van der Waals surface area contributed by atoms with E-state index in [-0.39, 0.29) is 23.0 Å². The van der Waals surface area contributed by atoms with Gasteiger partial charge in [0.25, 0.3) is 0 Å². The molecule has 26 heavy (non-hydrogen) atoms. The number of likely N-dealkylation sites (N-methyl/N-ethyl adjacent to an activating group) is 1. The minimum atomic E-state index is -3.82. The molecule has 2 rings (SSSR count). The Hall–Kier alpha value is -1.80. The summed E-state index contributed by atoms with van der Waals surface area (Å²) in [6, 6.07) is 10.8. The Morgan fingerprint density at radius 2 is 1.81 bits per heavy atom. The zero-order chi connectivity index (χ0) is 19.3. The molecule has 0 unspecified atom stereocenters.